The number of benzene rings is 1. The molecule has 0 aliphatic carbocycles. The van der Waals surface area contributed by atoms with Crippen LogP contribution >= 0.6 is 11.6 Å². The first-order valence-corrected chi connectivity index (χ1v) is 6.92. The molecule has 2 rings (SSSR count). The molecule has 0 fully saturated rings. The molecule has 4 nitrogen and oxygen atoms in total. The first kappa shape index (κ1) is 14.7. The van der Waals surface area contributed by atoms with E-state index in [9.17, 15) is 10.1 Å². The molecular formula is C15H17ClN2O2. The van der Waals surface area contributed by atoms with Crippen LogP contribution in [0.2, 0.25) is 5.02 Å². The van der Waals surface area contributed by atoms with E-state index in [1.807, 2.05) is 39.8 Å². The lowest BCUT2D eigenvalue weighted by molar-refractivity contribution is -0.385. The highest BCUT2D eigenvalue weighted by molar-refractivity contribution is 6.37. The Kier molecular flexibility index (Phi) is 3.95. The number of hydrogen-bond acceptors (Lipinski definition) is 3. The van der Waals surface area contributed by atoms with Crippen LogP contribution in [0.15, 0.2) is 12.1 Å². The molecule has 0 N–H and O–H groups in total. The normalized spacial score (nSPS) is 11.3. The second-order valence-corrected chi connectivity index (χ2v) is 5.93. The Morgan fingerprint density at radius 3 is 2.55 bits per heavy atom. The number of aromatic nitrogens is 1. The molecule has 0 atom stereocenters. The summed E-state index contributed by atoms with van der Waals surface area (Å²) < 4.78 is 0. The van der Waals surface area contributed by atoms with Gasteiger partial charge in [-0.3, -0.25) is 10.1 Å². The number of halogens is 1. The number of rotatable bonds is 3. The van der Waals surface area contributed by atoms with Crippen LogP contribution in [0.25, 0.3) is 10.9 Å². The Hall–Kier alpha value is -1.68. The molecule has 0 radical (unpaired) electrons. The van der Waals surface area contributed by atoms with Crippen molar-refractivity contribution in [3.63, 3.8) is 0 Å². The minimum absolute atomic E-state index is 0.0557. The third kappa shape index (κ3) is 2.61. The van der Waals surface area contributed by atoms with Crippen molar-refractivity contribution in [3.05, 3.63) is 44.1 Å². The Balaban J connectivity index is 2.85. The minimum Gasteiger partial charge on any atom is -0.258 e. The number of fused-ring (bicyclic) bond motifs is 1. The molecule has 106 valence electrons. The summed E-state index contributed by atoms with van der Waals surface area (Å²) in [7, 11) is 0. The molecule has 0 aliphatic heterocycles. The smallest absolute Gasteiger partial charge is 0.258 e. The zero-order chi connectivity index (χ0) is 15.0. The molecule has 0 amide bonds. The second-order valence-electron chi connectivity index (χ2n) is 5.55. The molecule has 2 aromatic rings. The van der Waals surface area contributed by atoms with Crippen LogP contribution in [-0.2, 0) is 6.42 Å². The van der Waals surface area contributed by atoms with E-state index in [0.29, 0.717) is 17.5 Å². The summed E-state index contributed by atoms with van der Waals surface area (Å²) in [6.45, 7) is 7.89. The van der Waals surface area contributed by atoms with E-state index >= 15 is 0 Å². The number of aryl methyl sites for hydroxylation is 2. The summed E-state index contributed by atoms with van der Waals surface area (Å²) in [5.74, 6) is 0.278. The van der Waals surface area contributed by atoms with E-state index in [-0.39, 0.29) is 16.6 Å². The van der Waals surface area contributed by atoms with Gasteiger partial charge in [-0.15, -0.1) is 0 Å². The van der Waals surface area contributed by atoms with Crippen molar-refractivity contribution in [2.75, 3.05) is 0 Å². The molecule has 0 spiro atoms. The van der Waals surface area contributed by atoms with Gasteiger partial charge in [-0.05, 0) is 43.4 Å². The molecule has 1 aromatic heterocycles. The summed E-state index contributed by atoms with van der Waals surface area (Å²) in [6, 6.07) is 3.88. The zero-order valence-electron chi connectivity index (χ0n) is 12.0. The van der Waals surface area contributed by atoms with Gasteiger partial charge in [-0.25, -0.2) is 4.98 Å². The summed E-state index contributed by atoms with van der Waals surface area (Å²) in [5, 5.41) is 12.2. The van der Waals surface area contributed by atoms with Crippen molar-refractivity contribution in [1.82, 2.24) is 4.98 Å². The molecule has 0 aliphatic rings. The summed E-state index contributed by atoms with van der Waals surface area (Å²) in [4.78, 5) is 15.4. The van der Waals surface area contributed by atoms with E-state index in [0.717, 1.165) is 16.6 Å². The molecule has 0 saturated carbocycles. The lowest BCUT2D eigenvalue weighted by atomic mass is 10.0. The monoisotopic (exact) mass is 292 g/mol. The Morgan fingerprint density at radius 1 is 1.35 bits per heavy atom. The van der Waals surface area contributed by atoms with Crippen molar-refractivity contribution >= 4 is 28.2 Å². The molecule has 1 aromatic carbocycles. The van der Waals surface area contributed by atoms with E-state index in [1.165, 1.54) is 0 Å². The van der Waals surface area contributed by atoms with E-state index in [4.69, 9.17) is 11.6 Å². The van der Waals surface area contributed by atoms with Gasteiger partial charge in [0.15, 0.2) is 0 Å². The standard InChI is InChI=1S/C15H17ClN2O2/c1-8(2)5-12-15(18(19)20)14(16)13-10(4)6-9(3)7-11(13)17-12/h6-8H,5H2,1-4H3. The fraction of sp³-hybridized carbons (Fsp3) is 0.400. The number of hydrogen-bond donors (Lipinski definition) is 0. The number of nitro groups is 1. The Morgan fingerprint density at radius 2 is 2.00 bits per heavy atom. The maximum atomic E-state index is 11.3. The number of nitrogens with zero attached hydrogens (tertiary/aromatic N) is 2. The van der Waals surface area contributed by atoms with Crippen LogP contribution in [0.3, 0.4) is 0 Å². The van der Waals surface area contributed by atoms with Gasteiger partial charge in [-0.1, -0.05) is 31.5 Å². The van der Waals surface area contributed by atoms with Gasteiger partial charge in [0.2, 0.25) is 0 Å². The van der Waals surface area contributed by atoms with Crippen LogP contribution in [0, 0.1) is 29.9 Å². The Labute approximate surface area is 122 Å². The summed E-state index contributed by atoms with van der Waals surface area (Å²) in [6.07, 6.45) is 0.541. The summed E-state index contributed by atoms with van der Waals surface area (Å²) >= 11 is 6.30. The van der Waals surface area contributed by atoms with Crippen LogP contribution in [0.5, 0.6) is 0 Å². The van der Waals surface area contributed by atoms with Crippen molar-refractivity contribution in [3.8, 4) is 0 Å². The third-order valence-corrected chi connectivity index (χ3v) is 3.57. The molecule has 0 saturated heterocycles. The van der Waals surface area contributed by atoms with Gasteiger partial charge in [0.05, 0.1) is 10.4 Å². The van der Waals surface area contributed by atoms with Crippen LogP contribution in [0.4, 0.5) is 5.69 Å². The van der Waals surface area contributed by atoms with E-state index in [1.54, 1.807) is 0 Å². The highest BCUT2D eigenvalue weighted by Gasteiger charge is 2.24. The van der Waals surface area contributed by atoms with Gasteiger partial charge in [0.25, 0.3) is 0 Å². The van der Waals surface area contributed by atoms with E-state index in [2.05, 4.69) is 4.98 Å². The van der Waals surface area contributed by atoms with Gasteiger partial charge < -0.3 is 0 Å². The number of pyridine rings is 1. The average Bonchev–Trinajstić information content (AvgIpc) is 2.25. The van der Waals surface area contributed by atoms with E-state index < -0.39 is 4.92 Å². The van der Waals surface area contributed by atoms with Crippen LogP contribution < -0.4 is 0 Å². The van der Waals surface area contributed by atoms with Crippen molar-refractivity contribution < 1.29 is 4.92 Å². The zero-order valence-corrected chi connectivity index (χ0v) is 12.8. The fourth-order valence-corrected chi connectivity index (χ4v) is 2.90. The van der Waals surface area contributed by atoms with Gasteiger partial charge in [-0.2, -0.15) is 0 Å². The van der Waals surface area contributed by atoms with Crippen molar-refractivity contribution in [2.24, 2.45) is 5.92 Å². The predicted octanol–water partition coefficient (Wildman–Crippen LogP) is 4.61. The van der Waals surface area contributed by atoms with Crippen molar-refractivity contribution in [2.45, 2.75) is 34.1 Å². The highest BCUT2D eigenvalue weighted by Crippen LogP contribution is 2.37. The largest absolute Gasteiger partial charge is 0.309 e. The van der Waals surface area contributed by atoms with Gasteiger partial charge in [0, 0.05) is 5.39 Å². The van der Waals surface area contributed by atoms with Gasteiger partial charge in [0.1, 0.15) is 10.7 Å². The molecule has 5 heteroatoms. The molecule has 20 heavy (non-hydrogen) atoms. The third-order valence-electron chi connectivity index (χ3n) is 3.20. The minimum atomic E-state index is -0.425. The van der Waals surface area contributed by atoms with Crippen LogP contribution in [0.1, 0.15) is 30.7 Å². The predicted molar refractivity (Wildman–Crippen MR) is 81.4 cm³/mol. The van der Waals surface area contributed by atoms with Crippen LogP contribution in [-0.4, -0.2) is 9.91 Å². The van der Waals surface area contributed by atoms with Gasteiger partial charge >= 0.3 is 5.69 Å². The highest BCUT2D eigenvalue weighted by atomic mass is 35.5. The fourth-order valence-electron chi connectivity index (χ4n) is 2.48. The maximum Gasteiger partial charge on any atom is 0.309 e. The molecule has 0 unspecified atom stereocenters. The molecular weight excluding hydrogens is 276 g/mol. The topological polar surface area (TPSA) is 56.0 Å². The maximum absolute atomic E-state index is 11.3. The quantitative estimate of drug-likeness (QED) is 0.613. The second kappa shape index (κ2) is 5.37. The first-order chi connectivity index (χ1) is 9.31. The first-order valence-electron chi connectivity index (χ1n) is 6.55. The lowest BCUT2D eigenvalue weighted by Crippen LogP contribution is -2.05. The van der Waals surface area contributed by atoms with Crippen molar-refractivity contribution in [1.29, 1.82) is 0 Å². The SMILES string of the molecule is Cc1cc(C)c2c(Cl)c([N+](=O)[O-])c(CC(C)C)nc2c1. The molecule has 1 heterocycles. The molecule has 0 bridgehead atoms. The summed E-state index contributed by atoms with van der Waals surface area (Å²) in [5.41, 5.74) is 3.13. The Bertz CT molecular complexity index is 696. The average molecular weight is 293 g/mol. The lowest BCUT2D eigenvalue weighted by Gasteiger charge is -2.11.